The third-order valence-corrected chi connectivity index (χ3v) is 7.23. The summed E-state index contributed by atoms with van der Waals surface area (Å²) < 4.78 is 2.20. The Morgan fingerprint density at radius 3 is 2.48 bits per heavy atom. The van der Waals surface area contributed by atoms with Crippen molar-refractivity contribution >= 4 is 23.1 Å². The molecule has 0 saturated carbocycles. The molecule has 2 N–H and O–H groups in total. The summed E-state index contributed by atoms with van der Waals surface area (Å²) in [6.45, 7) is 11.6. The fraction of sp³-hybridized carbons (Fsp3) is 0.400. The molecule has 1 atom stereocenters. The fourth-order valence-corrected chi connectivity index (χ4v) is 5.93. The number of carbonyl (C=O) groups excluding carboxylic acids is 1. The van der Waals surface area contributed by atoms with Gasteiger partial charge in [0.05, 0.1) is 6.04 Å². The normalized spacial score (nSPS) is 14.8. The zero-order valence-electron chi connectivity index (χ0n) is 18.9. The SMILES string of the molecule is CC[C@H](NC(=O)Nc1cc(C)cc(C)c1)c1c(-n2cccc2)sc2c1CCN(CC)C2. The number of benzene rings is 1. The number of hydrogen-bond acceptors (Lipinski definition) is 3. The van der Waals surface area contributed by atoms with Crippen molar-refractivity contribution in [2.45, 2.75) is 53.1 Å². The van der Waals surface area contributed by atoms with Crippen LogP contribution in [0.25, 0.3) is 5.00 Å². The second-order valence-corrected chi connectivity index (χ2v) is 9.45. The molecule has 0 radical (unpaired) electrons. The van der Waals surface area contributed by atoms with E-state index in [1.807, 2.05) is 37.3 Å². The highest BCUT2D eigenvalue weighted by molar-refractivity contribution is 7.15. The van der Waals surface area contributed by atoms with Gasteiger partial charge in [0, 0.05) is 41.6 Å². The molecule has 0 unspecified atom stereocenters. The average molecular weight is 437 g/mol. The van der Waals surface area contributed by atoms with Gasteiger partial charge < -0.3 is 15.2 Å². The number of urea groups is 1. The summed E-state index contributed by atoms with van der Waals surface area (Å²) in [5, 5.41) is 7.53. The number of fused-ring (bicyclic) bond motifs is 1. The second-order valence-electron chi connectivity index (χ2n) is 8.37. The zero-order chi connectivity index (χ0) is 22.0. The molecule has 0 bridgehead atoms. The molecule has 3 heterocycles. The third kappa shape index (κ3) is 4.70. The molecule has 1 aliphatic rings. The number of hydrogen-bond donors (Lipinski definition) is 2. The summed E-state index contributed by atoms with van der Waals surface area (Å²) in [5.74, 6) is 0. The average Bonchev–Trinajstić information content (AvgIpc) is 3.38. The van der Waals surface area contributed by atoms with Crippen molar-refractivity contribution in [1.29, 1.82) is 0 Å². The number of nitrogens with one attached hydrogen (secondary N) is 2. The van der Waals surface area contributed by atoms with Crippen LogP contribution in [-0.2, 0) is 13.0 Å². The van der Waals surface area contributed by atoms with Crippen LogP contribution in [0.15, 0.2) is 42.7 Å². The van der Waals surface area contributed by atoms with Crippen molar-refractivity contribution in [3.05, 3.63) is 69.9 Å². The standard InChI is InChI=1S/C25H32N4OS/c1-5-21(27-25(30)26-19-14-17(3)13-18(4)15-19)23-20-9-12-28(6-2)16-22(20)31-24(23)29-10-7-8-11-29/h7-8,10-11,13-15,21H,5-6,9,12,16H2,1-4H3,(H2,26,27,30)/t21-/m0/s1. The maximum Gasteiger partial charge on any atom is 0.319 e. The number of thiophene rings is 1. The second kappa shape index (κ2) is 9.28. The predicted molar refractivity (Wildman–Crippen MR) is 129 cm³/mol. The molecule has 6 heteroatoms. The largest absolute Gasteiger partial charge is 0.331 e. The number of aryl methyl sites for hydroxylation is 2. The van der Waals surface area contributed by atoms with E-state index in [9.17, 15) is 4.79 Å². The van der Waals surface area contributed by atoms with E-state index in [1.165, 1.54) is 21.0 Å². The van der Waals surface area contributed by atoms with E-state index in [0.29, 0.717) is 0 Å². The lowest BCUT2D eigenvalue weighted by Crippen LogP contribution is -2.34. The molecule has 164 valence electrons. The monoisotopic (exact) mass is 436 g/mol. The minimum Gasteiger partial charge on any atom is -0.331 e. The van der Waals surface area contributed by atoms with Gasteiger partial charge >= 0.3 is 6.03 Å². The van der Waals surface area contributed by atoms with Gasteiger partial charge in [-0.2, -0.15) is 0 Å². The van der Waals surface area contributed by atoms with Crippen LogP contribution >= 0.6 is 11.3 Å². The van der Waals surface area contributed by atoms with Gasteiger partial charge in [-0.05, 0) is 74.2 Å². The van der Waals surface area contributed by atoms with E-state index >= 15 is 0 Å². The lowest BCUT2D eigenvalue weighted by atomic mass is 9.96. The smallest absolute Gasteiger partial charge is 0.319 e. The van der Waals surface area contributed by atoms with Crippen LogP contribution < -0.4 is 10.6 Å². The summed E-state index contributed by atoms with van der Waals surface area (Å²) in [7, 11) is 0. The van der Waals surface area contributed by atoms with Crippen LogP contribution in [0.3, 0.4) is 0 Å². The Labute approximate surface area is 189 Å². The van der Waals surface area contributed by atoms with Gasteiger partial charge in [0.15, 0.2) is 0 Å². The molecule has 3 aromatic rings. The fourth-order valence-electron chi connectivity index (χ4n) is 4.51. The Balaban J connectivity index is 1.63. The molecule has 0 saturated heterocycles. The van der Waals surface area contributed by atoms with Crippen LogP contribution in [0.2, 0.25) is 0 Å². The first-order valence-electron chi connectivity index (χ1n) is 11.1. The maximum absolute atomic E-state index is 12.9. The van der Waals surface area contributed by atoms with E-state index in [-0.39, 0.29) is 12.1 Å². The molecule has 0 aliphatic carbocycles. The Morgan fingerprint density at radius 2 is 1.84 bits per heavy atom. The van der Waals surface area contributed by atoms with Crippen molar-refractivity contribution in [2.24, 2.45) is 0 Å². The van der Waals surface area contributed by atoms with Crippen molar-refractivity contribution in [1.82, 2.24) is 14.8 Å². The summed E-state index contributed by atoms with van der Waals surface area (Å²) >= 11 is 1.87. The van der Waals surface area contributed by atoms with Crippen molar-refractivity contribution in [3.8, 4) is 5.00 Å². The van der Waals surface area contributed by atoms with Crippen molar-refractivity contribution in [3.63, 3.8) is 0 Å². The van der Waals surface area contributed by atoms with E-state index < -0.39 is 0 Å². The highest BCUT2D eigenvalue weighted by Crippen LogP contribution is 2.40. The topological polar surface area (TPSA) is 49.3 Å². The molecule has 5 nitrogen and oxygen atoms in total. The lowest BCUT2D eigenvalue weighted by molar-refractivity contribution is 0.248. The van der Waals surface area contributed by atoms with E-state index in [1.54, 1.807) is 0 Å². The summed E-state index contributed by atoms with van der Waals surface area (Å²) in [4.78, 5) is 16.9. The first-order chi connectivity index (χ1) is 15.0. The maximum atomic E-state index is 12.9. The summed E-state index contributed by atoms with van der Waals surface area (Å²) in [6.07, 6.45) is 6.07. The van der Waals surface area contributed by atoms with Gasteiger partial charge in [-0.1, -0.05) is 19.9 Å². The number of amides is 2. The molecule has 4 rings (SSSR count). The molecule has 31 heavy (non-hydrogen) atoms. The number of anilines is 1. The van der Waals surface area contributed by atoms with Gasteiger partial charge in [0.2, 0.25) is 0 Å². The third-order valence-electron chi connectivity index (χ3n) is 5.98. The van der Waals surface area contributed by atoms with E-state index in [0.717, 1.165) is 49.3 Å². The van der Waals surface area contributed by atoms with E-state index in [2.05, 4.69) is 64.5 Å². The van der Waals surface area contributed by atoms with Crippen molar-refractivity contribution < 1.29 is 4.79 Å². The Kier molecular flexibility index (Phi) is 6.49. The number of rotatable bonds is 6. The lowest BCUT2D eigenvalue weighted by Gasteiger charge is -2.27. The molecule has 1 aliphatic heterocycles. The first-order valence-corrected chi connectivity index (χ1v) is 12.0. The van der Waals surface area contributed by atoms with Crippen LogP contribution in [0, 0.1) is 13.8 Å². The van der Waals surface area contributed by atoms with Gasteiger partial charge in [-0.25, -0.2) is 4.79 Å². The minimum atomic E-state index is -0.152. The predicted octanol–water partition coefficient (Wildman–Crippen LogP) is 5.81. The summed E-state index contributed by atoms with van der Waals surface area (Å²) in [5.41, 5.74) is 5.83. The Morgan fingerprint density at radius 1 is 1.13 bits per heavy atom. The van der Waals surface area contributed by atoms with Crippen LogP contribution in [-0.4, -0.2) is 28.6 Å². The number of aromatic nitrogens is 1. The molecule has 0 fully saturated rings. The van der Waals surface area contributed by atoms with Gasteiger partial charge in [0.25, 0.3) is 0 Å². The quantitative estimate of drug-likeness (QED) is 0.512. The van der Waals surface area contributed by atoms with Crippen LogP contribution in [0.4, 0.5) is 10.5 Å². The Bertz CT molecular complexity index is 1030. The molecule has 0 spiro atoms. The molecular weight excluding hydrogens is 404 g/mol. The molecule has 2 amide bonds. The Hall–Kier alpha value is -2.57. The zero-order valence-corrected chi connectivity index (χ0v) is 19.7. The molecule has 1 aromatic carbocycles. The number of carbonyl (C=O) groups is 1. The van der Waals surface area contributed by atoms with E-state index in [4.69, 9.17) is 0 Å². The number of nitrogens with zero attached hydrogens (tertiary/aromatic N) is 2. The molecule has 2 aromatic heterocycles. The first kappa shape index (κ1) is 21.7. The highest BCUT2D eigenvalue weighted by atomic mass is 32.1. The van der Waals surface area contributed by atoms with Crippen LogP contribution in [0.5, 0.6) is 0 Å². The van der Waals surface area contributed by atoms with Gasteiger partial charge in [-0.15, -0.1) is 11.3 Å². The van der Waals surface area contributed by atoms with Crippen molar-refractivity contribution in [2.75, 3.05) is 18.4 Å². The van der Waals surface area contributed by atoms with Crippen LogP contribution in [0.1, 0.15) is 53.4 Å². The molecular formula is C25H32N4OS. The summed E-state index contributed by atoms with van der Waals surface area (Å²) in [6, 6.07) is 10.1. The van der Waals surface area contributed by atoms with Gasteiger partial charge in [-0.3, -0.25) is 4.90 Å². The minimum absolute atomic E-state index is 0.0310. The highest BCUT2D eigenvalue weighted by Gasteiger charge is 2.29. The van der Waals surface area contributed by atoms with Gasteiger partial charge in [0.1, 0.15) is 5.00 Å². The number of likely N-dealkylation sites (N-methyl/N-ethyl adjacent to an activating group) is 1.